The molecule has 0 amide bonds. The van der Waals surface area contributed by atoms with E-state index in [9.17, 15) is 13.2 Å². The van der Waals surface area contributed by atoms with E-state index in [1.54, 1.807) is 23.9 Å². The molecule has 1 aromatic carbocycles. The molecule has 1 aromatic heterocycles. The number of rotatable bonds is 0. The van der Waals surface area contributed by atoms with Crippen LogP contribution in [0.15, 0.2) is 24.4 Å². The maximum absolute atomic E-state index is 12.5. The predicted octanol–water partition coefficient (Wildman–Crippen LogP) is 2.78. The van der Waals surface area contributed by atoms with Crippen molar-refractivity contribution in [3.8, 4) is 0 Å². The van der Waals surface area contributed by atoms with Crippen LogP contribution in [0.5, 0.6) is 0 Å². The van der Waals surface area contributed by atoms with Gasteiger partial charge in [0.25, 0.3) is 0 Å². The van der Waals surface area contributed by atoms with Gasteiger partial charge in [-0.25, -0.2) is 0 Å². The Bertz CT molecular complexity index is 511. The molecule has 2 aromatic rings. The molecule has 0 unspecified atom stereocenters. The van der Waals surface area contributed by atoms with Gasteiger partial charge in [0.2, 0.25) is 0 Å². The largest absolute Gasteiger partial charge is 0.418 e. The smallest absolute Gasteiger partial charge is 0.398 e. The Morgan fingerprint density at radius 3 is 2.53 bits per heavy atom. The van der Waals surface area contributed by atoms with Crippen LogP contribution in [-0.4, -0.2) is 4.57 Å². The maximum atomic E-state index is 12.5. The molecule has 0 aliphatic heterocycles. The molecule has 80 valence electrons. The SMILES string of the molecule is Cn1ccc2cc(C(F)(F)F)c(N)cc21. The van der Waals surface area contributed by atoms with Crippen molar-refractivity contribution in [1.29, 1.82) is 0 Å². The molecule has 0 bridgehead atoms. The summed E-state index contributed by atoms with van der Waals surface area (Å²) in [6, 6.07) is 4.05. The first-order chi connectivity index (χ1) is 6.89. The molecule has 5 heteroatoms. The molecule has 2 rings (SSSR count). The van der Waals surface area contributed by atoms with Gasteiger partial charge >= 0.3 is 6.18 Å². The highest BCUT2D eigenvalue weighted by atomic mass is 19.4. The summed E-state index contributed by atoms with van der Waals surface area (Å²) in [4.78, 5) is 0. The van der Waals surface area contributed by atoms with E-state index in [2.05, 4.69) is 0 Å². The van der Waals surface area contributed by atoms with Gasteiger partial charge in [-0.15, -0.1) is 0 Å². The van der Waals surface area contributed by atoms with E-state index in [0.717, 1.165) is 6.07 Å². The Balaban J connectivity index is 2.74. The highest BCUT2D eigenvalue weighted by Crippen LogP contribution is 2.36. The summed E-state index contributed by atoms with van der Waals surface area (Å²) in [6.45, 7) is 0. The van der Waals surface area contributed by atoms with Crippen molar-refractivity contribution >= 4 is 16.6 Å². The standard InChI is InChI=1S/C10H9F3N2/c1-15-3-2-6-4-7(10(11,12)13)8(14)5-9(6)15/h2-5H,14H2,1H3. The fourth-order valence-electron chi connectivity index (χ4n) is 1.58. The number of aryl methyl sites for hydroxylation is 1. The number of alkyl halides is 3. The van der Waals surface area contributed by atoms with Gasteiger partial charge in [-0.2, -0.15) is 13.2 Å². The minimum Gasteiger partial charge on any atom is -0.398 e. The van der Waals surface area contributed by atoms with Crippen LogP contribution in [0, 0.1) is 0 Å². The zero-order chi connectivity index (χ0) is 11.2. The molecule has 0 spiro atoms. The van der Waals surface area contributed by atoms with Crippen molar-refractivity contribution in [2.75, 3.05) is 5.73 Å². The van der Waals surface area contributed by atoms with E-state index < -0.39 is 11.7 Å². The third-order valence-electron chi connectivity index (χ3n) is 2.36. The van der Waals surface area contributed by atoms with Gasteiger partial charge in [-0.05, 0) is 18.2 Å². The number of nitrogens with zero attached hydrogens (tertiary/aromatic N) is 1. The maximum Gasteiger partial charge on any atom is 0.418 e. The third-order valence-corrected chi connectivity index (χ3v) is 2.36. The number of halogens is 3. The summed E-state index contributed by atoms with van der Waals surface area (Å²) in [7, 11) is 1.76. The lowest BCUT2D eigenvalue weighted by Gasteiger charge is -2.10. The summed E-state index contributed by atoms with van der Waals surface area (Å²) in [5, 5.41) is 0.541. The van der Waals surface area contributed by atoms with Crippen LogP contribution in [0.2, 0.25) is 0 Å². The monoisotopic (exact) mass is 214 g/mol. The zero-order valence-electron chi connectivity index (χ0n) is 7.97. The van der Waals surface area contributed by atoms with Crippen molar-refractivity contribution < 1.29 is 13.2 Å². The molecule has 0 saturated heterocycles. The molecule has 0 saturated carbocycles. The van der Waals surface area contributed by atoms with Gasteiger partial charge < -0.3 is 10.3 Å². The Hall–Kier alpha value is -1.65. The second-order valence-electron chi connectivity index (χ2n) is 3.42. The van der Waals surface area contributed by atoms with Gasteiger partial charge in [-0.1, -0.05) is 0 Å². The molecule has 15 heavy (non-hydrogen) atoms. The minimum atomic E-state index is -4.39. The average Bonchev–Trinajstić information content (AvgIpc) is 2.45. The average molecular weight is 214 g/mol. The Kier molecular flexibility index (Phi) is 1.92. The highest BCUT2D eigenvalue weighted by molar-refractivity contribution is 5.85. The first-order valence-corrected chi connectivity index (χ1v) is 4.31. The van der Waals surface area contributed by atoms with Gasteiger partial charge in [0.05, 0.1) is 5.56 Å². The normalized spacial score (nSPS) is 12.3. The van der Waals surface area contributed by atoms with Gasteiger partial charge in [0, 0.05) is 29.8 Å². The minimum absolute atomic E-state index is 0.239. The van der Waals surface area contributed by atoms with Gasteiger partial charge in [0.1, 0.15) is 0 Å². The zero-order valence-corrected chi connectivity index (χ0v) is 7.97. The molecule has 0 radical (unpaired) electrons. The summed E-state index contributed by atoms with van der Waals surface area (Å²) in [6.07, 6.45) is -2.70. The Morgan fingerprint density at radius 2 is 1.93 bits per heavy atom. The van der Waals surface area contributed by atoms with Crippen molar-refractivity contribution in [2.24, 2.45) is 7.05 Å². The molecule has 0 aliphatic carbocycles. The lowest BCUT2D eigenvalue weighted by molar-refractivity contribution is -0.136. The van der Waals surface area contributed by atoms with Crippen molar-refractivity contribution in [1.82, 2.24) is 4.57 Å². The van der Waals surface area contributed by atoms with E-state index in [-0.39, 0.29) is 5.69 Å². The number of nitrogen functional groups attached to an aromatic ring is 1. The van der Waals surface area contributed by atoms with Crippen molar-refractivity contribution in [2.45, 2.75) is 6.18 Å². The summed E-state index contributed by atoms with van der Waals surface area (Å²) >= 11 is 0. The van der Waals surface area contributed by atoms with Crippen molar-refractivity contribution in [3.63, 3.8) is 0 Å². The molecule has 2 N–H and O–H groups in total. The molecular formula is C10H9F3N2. The third kappa shape index (κ3) is 1.54. The number of nitrogens with two attached hydrogens (primary N) is 1. The first kappa shape index (κ1) is 9.89. The van der Waals surface area contributed by atoms with Crippen LogP contribution in [0.4, 0.5) is 18.9 Å². The number of benzene rings is 1. The molecule has 2 nitrogen and oxygen atoms in total. The van der Waals surface area contributed by atoms with Crippen molar-refractivity contribution in [3.05, 3.63) is 30.0 Å². The first-order valence-electron chi connectivity index (χ1n) is 4.31. The Labute approximate surface area is 84.1 Å². The lowest BCUT2D eigenvalue weighted by atomic mass is 10.1. The van der Waals surface area contributed by atoms with E-state index in [4.69, 9.17) is 5.73 Å². The van der Waals surface area contributed by atoms with Crippen LogP contribution >= 0.6 is 0 Å². The second-order valence-corrected chi connectivity index (χ2v) is 3.42. The summed E-state index contributed by atoms with van der Waals surface area (Å²) < 4.78 is 39.2. The number of hydrogen-bond acceptors (Lipinski definition) is 1. The van der Waals surface area contributed by atoms with Gasteiger partial charge in [-0.3, -0.25) is 0 Å². The van der Waals surface area contributed by atoms with Crippen LogP contribution in [0.3, 0.4) is 0 Å². The second kappa shape index (κ2) is 2.92. The lowest BCUT2D eigenvalue weighted by Crippen LogP contribution is -2.08. The van der Waals surface area contributed by atoms with E-state index in [0.29, 0.717) is 10.9 Å². The molecule has 1 heterocycles. The number of fused-ring (bicyclic) bond motifs is 1. The molecule has 0 aliphatic rings. The molecule has 0 fully saturated rings. The molecule has 0 atom stereocenters. The fourth-order valence-corrected chi connectivity index (χ4v) is 1.58. The number of aromatic nitrogens is 1. The Morgan fingerprint density at radius 1 is 1.27 bits per heavy atom. The molecular weight excluding hydrogens is 205 g/mol. The van der Waals surface area contributed by atoms with Crippen LogP contribution in [0.25, 0.3) is 10.9 Å². The van der Waals surface area contributed by atoms with Crippen LogP contribution < -0.4 is 5.73 Å². The topological polar surface area (TPSA) is 30.9 Å². The van der Waals surface area contributed by atoms with Crippen LogP contribution in [0.1, 0.15) is 5.56 Å². The van der Waals surface area contributed by atoms with E-state index >= 15 is 0 Å². The summed E-state index contributed by atoms with van der Waals surface area (Å²) in [5.74, 6) is 0. The van der Waals surface area contributed by atoms with E-state index in [1.807, 2.05) is 0 Å². The number of hydrogen-bond donors (Lipinski definition) is 1. The highest BCUT2D eigenvalue weighted by Gasteiger charge is 2.33. The van der Waals surface area contributed by atoms with E-state index in [1.165, 1.54) is 6.07 Å². The van der Waals surface area contributed by atoms with Crippen LogP contribution in [-0.2, 0) is 13.2 Å². The number of anilines is 1. The quantitative estimate of drug-likeness (QED) is 0.671. The predicted molar refractivity (Wildman–Crippen MR) is 52.3 cm³/mol. The van der Waals surface area contributed by atoms with Gasteiger partial charge in [0.15, 0.2) is 0 Å². The summed E-state index contributed by atoms with van der Waals surface area (Å²) in [5.41, 5.74) is 5.05. The fraction of sp³-hybridized carbons (Fsp3) is 0.200.